The molecule has 1 aromatic heterocycles. The molecular weight excluding hydrogens is 285 g/mol. The summed E-state index contributed by atoms with van der Waals surface area (Å²) >= 11 is 0. The van der Waals surface area contributed by atoms with Gasteiger partial charge in [0.25, 0.3) is 0 Å². The minimum Gasteiger partial charge on any atom is -0.481 e. The standard InChI is InChI=1S/C16H26FN3O2/c1-15(2,3)13-12(9-19-20-13)8-18-10-16(17)6-4-11(5-7-16)14(21)22/h9,11,18H,4-8,10H2,1-3H3,(H,19,20)(H,21,22). The molecule has 0 aliphatic heterocycles. The second kappa shape index (κ2) is 6.36. The molecule has 1 aliphatic carbocycles. The van der Waals surface area contributed by atoms with Crippen LogP contribution in [-0.2, 0) is 16.8 Å². The Hall–Kier alpha value is -1.43. The SMILES string of the molecule is CC(C)(C)c1[nH]ncc1CNCC1(F)CCC(C(=O)O)CC1. The van der Waals surface area contributed by atoms with Gasteiger partial charge >= 0.3 is 5.97 Å². The quantitative estimate of drug-likeness (QED) is 0.781. The van der Waals surface area contributed by atoms with E-state index in [1.54, 1.807) is 6.20 Å². The van der Waals surface area contributed by atoms with Crippen LogP contribution < -0.4 is 5.32 Å². The van der Waals surface area contributed by atoms with E-state index in [0.717, 1.165) is 11.3 Å². The van der Waals surface area contributed by atoms with Crippen LogP contribution >= 0.6 is 0 Å². The number of alkyl halides is 1. The Morgan fingerprint density at radius 1 is 1.50 bits per heavy atom. The maximum absolute atomic E-state index is 14.7. The zero-order chi connectivity index (χ0) is 16.4. The summed E-state index contributed by atoms with van der Waals surface area (Å²) in [6.07, 6.45) is 3.25. The van der Waals surface area contributed by atoms with E-state index in [-0.39, 0.29) is 17.9 Å². The summed E-state index contributed by atoms with van der Waals surface area (Å²) in [4.78, 5) is 10.9. The predicted molar refractivity (Wildman–Crippen MR) is 82.4 cm³/mol. The van der Waals surface area contributed by atoms with Crippen LogP contribution in [0.2, 0.25) is 0 Å². The number of carboxylic acid groups (broad SMARTS) is 1. The molecule has 0 bridgehead atoms. The monoisotopic (exact) mass is 311 g/mol. The number of aromatic amines is 1. The van der Waals surface area contributed by atoms with Crippen molar-refractivity contribution in [3.8, 4) is 0 Å². The molecule has 0 radical (unpaired) electrons. The number of hydrogen-bond donors (Lipinski definition) is 3. The van der Waals surface area contributed by atoms with Crippen LogP contribution in [0.5, 0.6) is 0 Å². The van der Waals surface area contributed by atoms with Crippen molar-refractivity contribution in [2.75, 3.05) is 6.54 Å². The molecule has 1 fully saturated rings. The number of aliphatic carboxylic acids is 1. The lowest BCUT2D eigenvalue weighted by Crippen LogP contribution is -2.41. The molecule has 124 valence electrons. The zero-order valence-corrected chi connectivity index (χ0v) is 13.6. The van der Waals surface area contributed by atoms with Gasteiger partial charge in [-0.15, -0.1) is 0 Å². The summed E-state index contributed by atoms with van der Waals surface area (Å²) in [6, 6.07) is 0. The fourth-order valence-corrected chi connectivity index (χ4v) is 3.07. The Morgan fingerprint density at radius 2 is 2.14 bits per heavy atom. The highest BCUT2D eigenvalue weighted by atomic mass is 19.1. The molecule has 1 heterocycles. The maximum Gasteiger partial charge on any atom is 0.306 e. The lowest BCUT2D eigenvalue weighted by Gasteiger charge is -2.32. The molecule has 22 heavy (non-hydrogen) atoms. The van der Waals surface area contributed by atoms with Crippen LogP contribution in [-0.4, -0.2) is 33.5 Å². The summed E-state index contributed by atoms with van der Waals surface area (Å²) in [7, 11) is 0. The van der Waals surface area contributed by atoms with Crippen molar-refractivity contribution in [3.05, 3.63) is 17.5 Å². The Morgan fingerprint density at radius 3 is 2.68 bits per heavy atom. The van der Waals surface area contributed by atoms with E-state index in [4.69, 9.17) is 5.11 Å². The molecule has 0 amide bonds. The number of nitrogens with zero attached hydrogens (tertiary/aromatic N) is 1. The molecule has 0 spiro atoms. The largest absolute Gasteiger partial charge is 0.481 e. The van der Waals surface area contributed by atoms with Gasteiger partial charge in [0.05, 0.1) is 12.1 Å². The smallest absolute Gasteiger partial charge is 0.306 e. The third kappa shape index (κ3) is 4.06. The lowest BCUT2D eigenvalue weighted by atomic mass is 9.80. The highest BCUT2D eigenvalue weighted by Crippen LogP contribution is 2.35. The number of carboxylic acids is 1. The van der Waals surface area contributed by atoms with E-state index in [1.165, 1.54) is 0 Å². The van der Waals surface area contributed by atoms with Crippen molar-refractivity contribution in [2.45, 2.75) is 64.1 Å². The normalized spacial score (nSPS) is 26.1. The van der Waals surface area contributed by atoms with Crippen LogP contribution in [0, 0.1) is 5.92 Å². The molecule has 6 heteroatoms. The average molecular weight is 311 g/mol. The van der Waals surface area contributed by atoms with Gasteiger partial charge in [-0.25, -0.2) is 4.39 Å². The van der Waals surface area contributed by atoms with Gasteiger partial charge in [0, 0.05) is 29.8 Å². The van der Waals surface area contributed by atoms with Crippen LogP contribution in [0.3, 0.4) is 0 Å². The number of hydrogen-bond acceptors (Lipinski definition) is 3. The maximum atomic E-state index is 14.7. The van der Waals surface area contributed by atoms with E-state index in [2.05, 4.69) is 36.3 Å². The molecule has 0 atom stereocenters. The van der Waals surface area contributed by atoms with E-state index in [9.17, 15) is 9.18 Å². The fraction of sp³-hybridized carbons (Fsp3) is 0.750. The molecule has 1 aromatic rings. The van der Waals surface area contributed by atoms with Crippen molar-refractivity contribution in [3.63, 3.8) is 0 Å². The van der Waals surface area contributed by atoms with E-state index < -0.39 is 11.6 Å². The van der Waals surface area contributed by atoms with Crippen LogP contribution in [0.25, 0.3) is 0 Å². The molecule has 0 saturated heterocycles. The first-order valence-electron chi connectivity index (χ1n) is 7.86. The second-order valence-corrected chi connectivity index (χ2v) is 7.39. The number of carbonyl (C=O) groups is 1. The molecular formula is C16H26FN3O2. The molecule has 5 nitrogen and oxygen atoms in total. The number of halogens is 1. The summed E-state index contributed by atoms with van der Waals surface area (Å²) in [5.74, 6) is -1.19. The Kier molecular flexibility index (Phi) is 4.90. The number of nitrogens with one attached hydrogen (secondary N) is 2. The van der Waals surface area contributed by atoms with Gasteiger partial charge in [-0.05, 0) is 25.7 Å². The number of H-pyrrole nitrogens is 1. The Balaban J connectivity index is 1.84. The summed E-state index contributed by atoms with van der Waals surface area (Å²) < 4.78 is 14.7. The minimum absolute atomic E-state index is 0.0273. The van der Waals surface area contributed by atoms with Gasteiger partial charge in [0.2, 0.25) is 0 Å². The van der Waals surface area contributed by atoms with E-state index >= 15 is 0 Å². The summed E-state index contributed by atoms with van der Waals surface area (Å²) in [5, 5.41) is 19.2. The minimum atomic E-state index is -1.29. The van der Waals surface area contributed by atoms with Gasteiger partial charge in [-0.3, -0.25) is 9.89 Å². The van der Waals surface area contributed by atoms with Gasteiger partial charge in [0.1, 0.15) is 5.67 Å². The third-order valence-corrected chi connectivity index (χ3v) is 4.46. The van der Waals surface area contributed by atoms with Crippen molar-refractivity contribution in [1.82, 2.24) is 15.5 Å². The average Bonchev–Trinajstić information content (AvgIpc) is 2.87. The Bertz CT molecular complexity index is 514. The van der Waals surface area contributed by atoms with Crippen molar-refractivity contribution >= 4 is 5.97 Å². The van der Waals surface area contributed by atoms with Crippen LogP contribution in [0.1, 0.15) is 57.7 Å². The van der Waals surface area contributed by atoms with Crippen LogP contribution in [0.4, 0.5) is 4.39 Å². The second-order valence-electron chi connectivity index (χ2n) is 7.39. The zero-order valence-electron chi connectivity index (χ0n) is 13.6. The Labute approximate surface area is 130 Å². The molecule has 0 unspecified atom stereocenters. The van der Waals surface area contributed by atoms with Gasteiger partial charge in [-0.1, -0.05) is 20.8 Å². The molecule has 1 saturated carbocycles. The first-order valence-corrected chi connectivity index (χ1v) is 7.86. The van der Waals surface area contributed by atoms with Gasteiger partial charge in [0.15, 0.2) is 0 Å². The highest BCUT2D eigenvalue weighted by molar-refractivity contribution is 5.70. The molecule has 3 N–H and O–H groups in total. The van der Waals surface area contributed by atoms with Crippen LogP contribution in [0.15, 0.2) is 6.20 Å². The number of rotatable bonds is 5. The first kappa shape index (κ1) is 16.9. The van der Waals surface area contributed by atoms with Gasteiger partial charge in [-0.2, -0.15) is 5.10 Å². The third-order valence-electron chi connectivity index (χ3n) is 4.46. The lowest BCUT2D eigenvalue weighted by molar-refractivity contribution is -0.143. The fourth-order valence-electron chi connectivity index (χ4n) is 3.07. The molecule has 1 aliphatic rings. The van der Waals surface area contributed by atoms with E-state index in [1.807, 2.05) is 0 Å². The van der Waals surface area contributed by atoms with E-state index in [0.29, 0.717) is 32.2 Å². The summed E-state index contributed by atoms with van der Waals surface area (Å²) in [5.41, 5.74) is 0.788. The topological polar surface area (TPSA) is 78.0 Å². The summed E-state index contributed by atoms with van der Waals surface area (Å²) in [6.45, 7) is 7.14. The molecule has 0 aromatic carbocycles. The highest BCUT2D eigenvalue weighted by Gasteiger charge is 2.37. The number of aromatic nitrogens is 2. The van der Waals surface area contributed by atoms with Gasteiger partial charge < -0.3 is 10.4 Å². The van der Waals surface area contributed by atoms with Crippen molar-refractivity contribution < 1.29 is 14.3 Å². The first-order chi connectivity index (χ1) is 10.2. The van der Waals surface area contributed by atoms with Crippen molar-refractivity contribution in [2.24, 2.45) is 5.92 Å². The van der Waals surface area contributed by atoms with Crippen molar-refractivity contribution in [1.29, 1.82) is 0 Å². The predicted octanol–water partition coefficient (Wildman–Crippen LogP) is 2.78. The molecule has 2 rings (SSSR count).